The van der Waals surface area contributed by atoms with Crippen molar-refractivity contribution in [3.8, 4) is 0 Å². The minimum absolute atomic E-state index is 0.0782. The van der Waals surface area contributed by atoms with Gasteiger partial charge in [0.25, 0.3) is 0 Å². The van der Waals surface area contributed by atoms with E-state index in [1.54, 1.807) is 38.1 Å². The zero-order chi connectivity index (χ0) is 53.4. The summed E-state index contributed by atoms with van der Waals surface area (Å²) in [5.74, 6) is -3.05. The summed E-state index contributed by atoms with van der Waals surface area (Å²) in [5, 5.41) is 37.8. The lowest BCUT2D eigenvalue weighted by molar-refractivity contribution is -0.141. The second-order valence-corrected chi connectivity index (χ2v) is 17.0. The molecule has 3 fully saturated rings. The monoisotopic (exact) mass is 1000 g/mol. The van der Waals surface area contributed by atoms with Crippen molar-refractivity contribution in [2.45, 2.75) is 138 Å². The first kappa shape index (κ1) is 60.8. The van der Waals surface area contributed by atoms with Crippen LogP contribution in [0.4, 0.5) is 16.3 Å². The summed E-state index contributed by atoms with van der Waals surface area (Å²) < 4.78 is 10.7. The highest BCUT2D eigenvalue weighted by Gasteiger charge is 2.47. The lowest BCUT2D eigenvalue weighted by Crippen LogP contribution is -2.54. The first-order valence-electron chi connectivity index (χ1n) is 24.3. The fraction of sp³-hybridized carbons (Fsp3) is 0.625. The number of H-pyrrole nitrogens is 1. The van der Waals surface area contributed by atoms with Gasteiger partial charge in [0.2, 0.25) is 35.4 Å². The molecule has 10 N–H and O–H groups in total. The van der Waals surface area contributed by atoms with E-state index in [9.17, 15) is 43.8 Å². The zero-order valence-electron chi connectivity index (χ0n) is 42.8. The number of likely N-dealkylation sites (tertiary alicyclic amines) is 2. The number of hydrogen-bond acceptors (Lipinski definition) is 16. The largest absolute Gasteiger partial charge is 0.445 e. The molecule has 1 aromatic carbocycles. The van der Waals surface area contributed by atoms with Crippen LogP contribution >= 0.6 is 0 Å². The lowest BCUT2D eigenvalue weighted by Gasteiger charge is -2.31. The van der Waals surface area contributed by atoms with E-state index in [1.807, 2.05) is 48.5 Å². The number of nitrogen functional groups attached to an aromatic ring is 1. The van der Waals surface area contributed by atoms with E-state index >= 15 is 0 Å². The number of benzene rings is 1. The number of fused-ring (bicyclic) bond motifs is 1. The molecule has 6 unspecified atom stereocenters. The highest BCUT2D eigenvalue weighted by atomic mass is 16.6. The molecule has 3 saturated heterocycles. The average Bonchev–Trinajstić information content (AvgIpc) is 4.10. The number of aliphatic hydroxyl groups is 3. The van der Waals surface area contributed by atoms with Crippen molar-refractivity contribution in [2.24, 2.45) is 17.3 Å². The van der Waals surface area contributed by atoms with Crippen molar-refractivity contribution in [1.82, 2.24) is 45.7 Å². The Hall–Kier alpha value is -6.30. The van der Waals surface area contributed by atoms with Crippen molar-refractivity contribution < 1.29 is 58.4 Å². The number of imidazole rings is 1. The summed E-state index contributed by atoms with van der Waals surface area (Å²) in [6.07, 6.45) is 2.32. The summed E-state index contributed by atoms with van der Waals surface area (Å²) in [5.41, 5.74) is 7.47. The minimum atomic E-state index is -1.15. The number of carbonyl (C=O) groups excluding carboxylic acids is 7. The van der Waals surface area contributed by atoms with Gasteiger partial charge in [-0.05, 0) is 54.7 Å². The van der Waals surface area contributed by atoms with Crippen LogP contribution in [0, 0.1) is 17.3 Å². The molecule has 3 aliphatic heterocycles. The van der Waals surface area contributed by atoms with Crippen LogP contribution in [0.25, 0.3) is 11.2 Å². The van der Waals surface area contributed by atoms with E-state index < -0.39 is 66.0 Å². The number of carbonyl (C=O) groups is 7. The third-order valence-corrected chi connectivity index (χ3v) is 12.2. The van der Waals surface area contributed by atoms with Crippen LogP contribution in [-0.4, -0.2) is 157 Å². The first-order valence-corrected chi connectivity index (χ1v) is 24.3. The third-order valence-electron chi connectivity index (χ3n) is 12.2. The van der Waals surface area contributed by atoms with Crippen LogP contribution in [0.3, 0.4) is 0 Å². The molecule has 0 bridgehead atoms. The Balaban J connectivity index is 0.000000924. The van der Waals surface area contributed by atoms with Crippen LogP contribution in [-0.2, 0) is 44.8 Å². The average molecular weight is 1000 g/mol. The van der Waals surface area contributed by atoms with Gasteiger partial charge < -0.3 is 56.8 Å². The fourth-order valence-electron chi connectivity index (χ4n) is 7.87. The molecule has 396 valence electrons. The first-order chi connectivity index (χ1) is 33.9. The van der Waals surface area contributed by atoms with E-state index in [0.717, 1.165) is 24.9 Å². The van der Waals surface area contributed by atoms with Crippen molar-refractivity contribution in [3.05, 3.63) is 42.5 Å². The van der Waals surface area contributed by atoms with Crippen LogP contribution in [0.15, 0.2) is 36.9 Å². The van der Waals surface area contributed by atoms with Gasteiger partial charge in [0.1, 0.15) is 30.5 Å². The Morgan fingerprint density at radius 3 is 2.24 bits per heavy atom. The number of anilines is 2. The number of amides is 7. The quantitative estimate of drug-likeness (QED) is 0.0931. The van der Waals surface area contributed by atoms with Gasteiger partial charge in [-0.3, -0.25) is 38.6 Å². The molecule has 0 radical (unpaired) electrons. The lowest BCUT2D eigenvalue weighted by atomic mass is 9.72. The maximum Gasteiger partial charge on any atom is 0.410 e. The molecule has 7 amide bonds. The molecule has 0 spiro atoms. The summed E-state index contributed by atoms with van der Waals surface area (Å²) >= 11 is 0. The van der Waals surface area contributed by atoms with Crippen LogP contribution < -0.4 is 27.0 Å². The van der Waals surface area contributed by atoms with Gasteiger partial charge in [0, 0.05) is 38.7 Å². The number of imide groups is 1. The van der Waals surface area contributed by atoms with E-state index in [1.165, 1.54) is 17.6 Å². The van der Waals surface area contributed by atoms with E-state index in [2.05, 4.69) is 41.2 Å². The maximum absolute atomic E-state index is 13.0. The van der Waals surface area contributed by atoms with Crippen molar-refractivity contribution >= 4 is 64.2 Å². The smallest absolute Gasteiger partial charge is 0.410 e. The predicted molar refractivity (Wildman–Crippen MR) is 265 cm³/mol. The molecule has 2 aromatic heterocycles. The molecule has 5 heterocycles. The van der Waals surface area contributed by atoms with Gasteiger partial charge in [-0.25, -0.2) is 19.7 Å². The van der Waals surface area contributed by atoms with Gasteiger partial charge in [-0.15, -0.1) is 0 Å². The third kappa shape index (κ3) is 17.5. The molecule has 71 heavy (non-hydrogen) atoms. The highest BCUT2D eigenvalue weighted by molar-refractivity contribution is 6.04. The SMILES string of the molecule is CC.CC.CCC(C)(CC)C1CC(=O)N(CCC(=O)NC(C(=O)NCC(=O)Nc2ccc(COC(=O)N3CCC(O)C3C(=O)NC3COCC(O)C3)cc2)C(C)C)C1=O.CO.Nc1ncnc2nc[nH]c12. The highest BCUT2D eigenvalue weighted by Crippen LogP contribution is 2.41. The normalized spacial score (nSPS) is 19.8. The standard InChI is InChI=1S/C38H56N6O11.C5H5N5.2C2H6.CH4O/c1-6-38(5,7-2)27-17-31(49)43(36(27)52)15-13-29(47)42-32(22(3)4)34(50)39-18-30(48)40-24-10-8-23(9-11-24)19-55-37(53)44-14-12-28(46)33(44)35(51)41-25-16-26(45)21-54-20-25;6-4-3-5(9-1-7-3)10-2-8-4;3*1-2/h8-11,22,25-28,32-33,45-46H,6-7,12-21H2,1-5H3,(H,39,50)(H,40,48)(H,41,51)(H,42,47);1-2H,(H3,6,7,8,9,10);2*1-2H3;2H,1H3. The fourth-order valence-corrected chi connectivity index (χ4v) is 7.87. The summed E-state index contributed by atoms with van der Waals surface area (Å²) in [6.45, 7) is 17.4. The number of rotatable bonds is 16. The molecular formula is C48H77N11O12. The molecule has 3 aromatic rings. The molecule has 23 nitrogen and oxygen atoms in total. The zero-order valence-corrected chi connectivity index (χ0v) is 42.8. The van der Waals surface area contributed by atoms with Crippen molar-refractivity contribution in [1.29, 1.82) is 0 Å². The molecule has 0 aliphatic carbocycles. The number of ether oxygens (including phenoxy) is 2. The number of nitrogens with zero attached hydrogens (tertiary/aromatic N) is 5. The summed E-state index contributed by atoms with van der Waals surface area (Å²) in [4.78, 5) is 107. The second-order valence-electron chi connectivity index (χ2n) is 17.0. The second kappa shape index (κ2) is 30.4. The van der Waals surface area contributed by atoms with Crippen LogP contribution in [0.1, 0.15) is 106 Å². The van der Waals surface area contributed by atoms with E-state index in [0.29, 0.717) is 34.7 Å². The number of aromatic amines is 1. The molecule has 6 atom stereocenters. The Morgan fingerprint density at radius 2 is 1.63 bits per heavy atom. The van der Waals surface area contributed by atoms with Crippen molar-refractivity contribution in [3.63, 3.8) is 0 Å². The topological polar surface area (TPSA) is 334 Å². The predicted octanol–water partition coefficient (Wildman–Crippen LogP) is 2.41. The molecule has 0 saturated carbocycles. The van der Waals surface area contributed by atoms with E-state index in [4.69, 9.17) is 20.3 Å². The Morgan fingerprint density at radius 1 is 0.972 bits per heavy atom. The Labute approximate surface area is 415 Å². The van der Waals surface area contributed by atoms with Gasteiger partial charge >= 0.3 is 6.09 Å². The number of aromatic nitrogens is 4. The molecule has 6 rings (SSSR count). The molecule has 3 aliphatic rings. The molecule has 23 heteroatoms. The van der Waals surface area contributed by atoms with Crippen LogP contribution in [0.5, 0.6) is 0 Å². The van der Waals surface area contributed by atoms with Gasteiger partial charge in [-0.2, -0.15) is 0 Å². The summed E-state index contributed by atoms with van der Waals surface area (Å²) in [7, 11) is 1.00. The van der Waals surface area contributed by atoms with Crippen LogP contribution in [0.2, 0.25) is 0 Å². The number of nitrogens with two attached hydrogens (primary N) is 1. The summed E-state index contributed by atoms with van der Waals surface area (Å²) in [6, 6.07) is 3.86. The van der Waals surface area contributed by atoms with Gasteiger partial charge in [0.15, 0.2) is 11.5 Å². The van der Waals surface area contributed by atoms with Crippen molar-refractivity contribution in [2.75, 3.05) is 51.0 Å². The number of aliphatic hydroxyl groups excluding tert-OH is 3. The Bertz CT molecular complexity index is 2170. The number of nitrogens with one attached hydrogen (secondary N) is 5. The van der Waals surface area contributed by atoms with Gasteiger partial charge in [-0.1, -0.05) is 74.4 Å². The minimum Gasteiger partial charge on any atom is -0.445 e. The maximum atomic E-state index is 13.0. The Kier molecular flexibility index (Phi) is 26.1. The molecular weight excluding hydrogens is 923 g/mol. The number of hydrogen-bond donors (Lipinski definition) is 9. The van der Waals surface area contributed by atoms with Gasteiger partial charge in [0.05, 0.1) is 50.3 Å². The van der Waals surface area contributed by atoms with E-state index in [-0.39, 0.29) is 81.9 Å².